The van der Waals surface area contributed by atoms with Gasteiger partial charge < -0.3 is 10.1 Å². The normalized spacial score (nSPS) is 21.4. The first-order valence-corrected chi connectivity index (χ1v) is 9.82. The molecular weight excluding hydrogens is 328 g/mol. The third-order valence-electron chi connectivity index (χ3n) is 4.45. The van der Waals surface area contributed by atoms with E-state index in [1.807, 2.05) is 0 Å². The van der Waals surface area contributed by atoms with Crippen molar-refractivity contribution in [3.8, 4) is 0 Å². The van der Waals surface area contributed by atoms with Gasteiger partial charge >= 0.3 is 0 Å². The molecule has 24 heavy (non-hydrogen) atoms. The van der Waals surface area contributed by atoms with Crippen molar-refractivity contribution < 1.29 is 17.9 Å². The zero-order valence-electron chi connectivity index (χ0n) is 14.2. The Morgan fingerprint density at radius 2 is 1.88 bits per heavy atom. The molecule has 0 heterocycles. The number of sulfonamides is 1. The van der Waals surface area contributed by atoms with Crippen LogP contribution < -0.4 is 10.0 Å². The van der Waals surface area contributed by atoms with E-state index in [-0.39, 0.29) is 23.4 Å². The predicted molar refractivity (Wildman–Crippen MR) is 92.4 cm³/mol. The van der Waals surface area contributed by atoms with Gasteiger partial charge in [-0.05, 0) is 43.0 Å². The van der Waals surface area contributed by atoms with Crippen LogP contribution in [0.3, 0.4) is 0 Å². The van der Waals surface area contributed by atoms with Crippen LogP contribution in [0.15, 0.2) is 29.2 Å². The summed E-state index contributed by atoms with van der Waals surface area (Å²) in [6, 6.07) is 6.20. The topological polar surface area (TPSA) is 84.5 Å². The van der Waals surface area contributed by atoms with Crippen LogP contribution in [0.25, 0.3) is 0 Å². The van der Waals surface area contributed by atoms with E-state index in [0.29, 0.717) is 18.1 Å². The number of amides is 1. The molecule has 0 spiro atoms. The van der Waals surface area contributed by atoms with Gasteiger partial charge in [-0.2, -0.15) is 0 Å². The van der Waals surface area contributed by atoms with Gasteiger partial charge in [0.15, 0.2) is 0 Å². The molecule has 0 saturated heterocycles. The molecule has 2 atom stereocenters. The van der Waals surface area contributed by atoms with Crippen molar-refractivity contribution in [3.05, 3.63) is 29.8 Å². The monoisotopic (exact) mass is 354 g/mol. The summed E-state index contributed by atoms with van der Waals surface area (Å²) in [5.41, 5.74) is 0.476. The summed E-state index contributed by atoms with van der Waals surface area (Å²) in [5.74, 6) is 0.331. The number of benzene rings is 1. The number of carbonyl (C=O) groups is 1. The van der Waals surface area contributed by atoms with Gasteiger partial charge in [-0.3, -0.25) is 4.79 Å². The van der Waals surface area contributed by atoms with E-state index >= 15 is 0 Å². The number of hydrogen-bond donors (Lipinski definition) is 2. The molecule has 1 aromatic rings. The summed E-state index contributed by atoms with van der Waals surface area (Å²) in [7, 11) is -2.06. The number of rotatable bonds is 7. The Hall–Kier alpha value is -1.44. The lowest BCUT2D eigenvalue weighted by Crippen LogP contribution is -2.41. The van der Waals surface area contributed by atoms with Crippen molar-refractivity contribution in [1.29, 1.82) is 0 Å². The largest absolute Gasteiger partial charge is 0.383 e. The minimum atomic E-state index is -3.57. The molecule has 1 fully saturated rings. The molecule has 1 aliphatic carbocycles. The third kappa shape index (κ3) is 5.03. The van der Waals surface area contributed by atoms with E-state index in [2.05, 4.69) is 17.0 Å². The first kappa shape index (κ1) is 18.9. The Morgan fingerprint density at radius 3 is 2.50 bits per heavy atom. The van der Waals surface area contributed by atoms with Gasteiger partial charge in [-0.15, -0.1) is 0 Å². The fourth-order valence-corrected chi connectivity index (χ4v) is 3.94. The summed E-state index contributed by atoms with van der Waals surface area (Å²) in [6.07, 6.45) is 4.49. The molecule has 7 heteroatoms. The van der Waals surface area contributed by atoms with Crippen molar-refractivity contribution in [3.63, 3.8) is 0 Å². The van der Waals surface area contributed by atoms with Gasteiger partial charge in [0.25, 0.3) is 5.91 Å². The lowest BCUT2D eigenvalue weighted by Gasteiger charge is -2.29. The molecule has 0 aromatic heterocycles. The van der Waals surface area contributed by atoms with Crippen LogP contribution in [-0.4, -0.2) is 40.6 Å². The molecule has 1 aromatic carbocycles. The Morgan fingerprint density at radius 1 is 1.21 bits per heavy atom. The molecule has 0 radical (unpaired) electrons. The van der Waals surface area contributed by atoms with E-state index in [0.717, 1.165) is 19.3 Å². The highest BCUT2D eigenvalue weighted by Crippen LogP contribution is 2.24. The third-order valence-corrected chi connectivity index (χ3v) is 5.93. The number of nitrogens with one attached hydrogen (secondary N) is 2. The molecular formula is C17H26N2O4S. The van der Waals surface area contributed by atoms with E-state index in [1.165, 1.54) is 25.7 Å². The van der Waals surface area contributed by atoms with E-state index < -0.39 is 10.0 Å². The number of methoxy groups -OCH3 is 1. The molecule has 6 nitrogen and oxygen atoms in total. The van der Waals surface area contributed by atoms with Crippen LogP contribution in [-0.2, 0) is 14.8 Å². The smallest absolute Gasteiger partial charge is 0.251 e. The minimum absolute atomic E-state index is 0.140. The average Bonchev–Trinajstić information content (AvgIpc) is 2.57. The van der Waals surface area contributed by atoms with Crippen LogP contribution in [0.1, 0.15) is 43.0 Å². The number of ether oxygens (including phenoxy) is 1. The van der Waals surface area contributed by atoms with Crippen LogP contribution in [0.4, 0.5) is 0 Å². The maximum atomic E-state index is 12.3. The van der Waals surface area contributed by atoms with Gasteiger partial charge in [0.2, 0.25) is 10.0 Å². The van der Waals surface area contributed by atoms with Crippen molar-refractivity contribution in [1.82, 2.24) is 10.0 Å². The van der Waals surface area contributed by atoms with Gasteiger partial charge in [-0.1, -0.05) is 19.8 Å². The lowest BCUT2D eigenvalue weighted by molar-refractivity contribution is 0.0910. The minimum Gasteiger partial charge on any atom is -0.383 e. The second-order valence-electron chi connectivity index (χ2n) is 6.26. The zero-order valence-corrected chi connectivity index (χ0v) is 15.1. The van der Waals surface area contributed by atoms with Crippen LogP contribution in [0.5, 0.6) is 0 Å². The quantitative estimate of drug-likeness (QED) is 0.733. The highest BCUT2D eigenvalue weighted by Gasteiger charge is 2.23. The molecule has 1 amide bonds. The Kier molecular flexibility index (Phi) is 6.77. The van der Waals surface area contributed by atoms with E-state index in [9.17, 15) is 13.2 Å². The Labute approximate surface area is 144 Å². The zero-order chi connectivity index (χ0) is 17.6. The van der Waals surface area contributed by atoms with Crippen LogP contribution in [0.2, 0.25) is 0 Å². The fraction of sp³-hybridized carbons (Fsp3) is 0.588. The Balaban J connectivity index is 1.99. The van der Waals surface area contributed by atoms with Crippen LogP contribution in [0, 0.1) is 5.92 Å². The van der Waals surface area contributed by atoms with E-state index in [4.69, 9.17) is 4.74 Å². The lowest BCUT2D eigenvalue weighted by atomic mass is 9.86. The standard InChI is InChI=1S/C17H26N2O4S/c1-13-5-3-4-6-16(13)19-17(20)14-7-9-15(10-8-14)24(21,22)18-11-12-23-2/h7-10,13,16,18H,3-6,11-12H2,1-2H3,(H,19,20). The summed E-state index contributed by atoms with van der Waals surface area (Å²) >= 11 is 0. The van der Waals surface area contributed by atoms with E-state index in [1.54, 1.807) is 12.1 Å². The van der Waals surface area contributed by atoms with Gasteiger partial charge in [0, 0.05) is 25.3 Å². The Bertz CT molecular complexity index is 643. The van der Waals surface area contributed by atoms with Gasteiger partial charge in [0.05, 0.1) is 11.5 Å². The number of carbonyl (C=O) groups excluding carboxylic acids is 1. The van der Waals surface area contributed by atoms with Crippen molar-refractivity contribution in [2.24, 2.45) is 5.92 Å². The van der Waals surface area contributed by atoms with Gasteiger partial charge in [-0.25, -0.2) is 13.1 Å². The molecule has 134 valence electrons. The molecule has 2 rings (SSSR count). The highest BCUT2D eigenvalue weighted by molar-refractivity contribution is 7.89. The maximum absolute atomic E-state index is 12.3. The second kappa shape index (κ2) is 8.60. The van der Waals surface area contributed by atoms with Gasteiger partial charge in [0.1, 0.15) is 0 Å². The molecule has 2 N–H and O–H groups in total. The highest BCUT2D eigenvalue weighted by atomic mass is 32.2. The van der Waals surface area contributed by atoms with Crippen molar-refractivity contribution in [2.45, 2.75) is 43.5 Å². The van der Waals surface area contributed by atoms with Crippen molar-refractivity contribution in [2.75, 3.05) is 20.3 Å². The first-order chi connectivity index (χ1) is 11.4. The fourth-order valence-electron chi connectivity index (χ4n) is 2.93. The maximum Gasteiger partial charge on any atom is 0.251 e. The summed E-state index contributed by atoms with van der Waals surface area (Å²) < 4.78 is 31.4. The predicted octanol–water partition coefficient (Wildman–Crippen LogP) is 1.92. The first-order valence-electron chi connectivity index (χ1n) is 8.33. The van der Waals surface area contributed by atoms with Crippen LogP contribution >= 0.6 is 0 Å². The molecule has 2 unspecified atom stereocenters. The SMILES string of the molecule is COCCNS(=O)(=O)c1ccc(C(=O)NC2CCCCC2C)cc1. The number of hydrogen-bond acceptors (Lipinski definition) is 4. The molecule has 0 bridgehead atoms. The summed E-state index contributed by atoms with van der Waals surface area (Å²) in [5, 5.41) is 3.06. The molecule has 1 saturated carbocycles. The second-order valence-corrected chi connectivity index (χ2v) is 8.02. The van der Waals surface area contributed by atoms with Crippen molar-refractivity contribution >= 4 is 15.9 Å². The summed E-state index contributed by atoms with van der Waals surface area (Å²) in [6.45, 7) is 2.67. The average molecular weight is 354 g/mol. The summed E-state index contributed by atoms with van der Waals surface area (Å²) in [4.78, 5) is 12.5. The molecule has 1 aliphatic rings. The molecule has 0 aliphatic heterocycles.